The summed E-state index contributed by atoms with van der Waals surface area (Å²) >= 11 is 5.72. The van der Waals surface area contributed by atoms with Gasteiger partial charge in [-0.25, -0.2) is 4.79 Å². The fourth-order valence-electron chi connectivity index (χ4n) is 1.77. The molecule has 0 radical (unpaired) electrons. The molecule has 1 unspecified atom stereocenters. The number of benzene rings is 1. The number of hydrogen-bond acceptors (Lipinski definition) is 5. The summed E-state index contributed by atoms with van der Waals surface area (Å²) in [5.74, 6) is -3.42. The average molecular weight is 330 g/mol. The van der Waals surface area contributed by atoms with Crippen LogP contribution in [0.5, 0.6) is 5.75 Å². The molecule has 8 heteroatoms. The van der Waals surface area contributed by atoms with Crippen LogP contribution in [0.3, 0.4) is 0 Å². The third-order valence-electron chi connectivity index (χ3n) is 3.05. The summed E-state index contributed by atoms with van der Waals surface area (Å²) in [4.78, 5) is 34.1. The zero-order chi connectivity index (χ0) is 16.9. The number of rotatable bonds is 8. The third kappa shape index (κ3) is 4.44. The van der Waals surface area contributed by atoms with Crippen LogP contribution in [-0.2, 0) is 14.4 Å². The van der Waals surface area contributed by atoms with E-state index in [0.717, 1.165) is 0 Å². The highest BCUT2D eigenvalue weighted by molar-refractivity contribution is 6.30. The van der Waals surface area contributed by atoms with Crippen LogP contribution in [-0.4, -0.2) is 39.6 Å². The molecule has 7 nitrogen and oxygen atoms in total. The van der Waals surface area contributed by atoms with Gasteiger partial charge < -0.3 is 20.7 Å². The van der Waals surface area contributed by atoms with Gasteiger partial charge in [0.05, 0.1) is 0 Å². The molecule has 0 spiro atoms. The lowest BCUT2D eigenvalue weighted by molar-refractivity contribution is -0.151. The van der Waals surface area contributed by atoms with Gasteiger partial charge in [0.2, 0.25) is 5.78 Å². The van der Waals surface area contributed by atoms with Gasteiger partial charge in [-0.2, -0.15) is 0 Å². The molecule has 0 bridgehead atoms. The molecule has 0 fully saturated rings. The van der Waals surface area contributed by atoms with Crippen molar-refractivity contribution in [1.29, 1.82) is 0 Å². The second kappa shape index (κ2) is 7.24. The van der Waals surface area contributed by atoms with Gasteiger partial charge in [0, 0.05) is 11.4 Å². The van der Waals surface area contributed by atoms with Crippen molar-refractivity contribution in [2.75, 3.05) is 0 Å². The first kappa shape index (κ1) is 17.9. The standard InChI is InChI=1S/C14H16ClNO6/c1-8(22-10-4-2-9(15)3-5-10)12(19)14(16,13(20)21)7-6-11(17)18/h2-5,8H,6-7,16H2,1H3,(H,17,18)(H,20,21)/t8?,14-/m1/s1. The molecule has 0 aliphatic carbocycles. The van der Waals surface area contributed by atoms with E-state index in [1.807, 2.05) is 0 Å². The zero-order valence-corrected chi connectivity index (χ0v) is 12.5. The molecule has 120 valence electrons. The number of ketones is 1. The number of ether oxygens (including phenoxy) is 1. The number of halogens is 1. The van der Waals surface area contributed by atoms with Crippen LogP contribution in [0.25, 0.3) is 0 Å². The Hall–Kier alpha value is -2.12. The smallest absolute Gasteiger partial charge is 0.331 e. The van der Waals surface area contributed by atoms with E-state index in [2.05, 4.69) is 0 Å². The van der Waals surface area contributed by atoms with E-state index in [1.54, 1.807) is 12.1 Å². The normalized spacial score (nSPS) is 14.7. The van der Waals surface area contributed by atoms with Crippen molar-refractivity contribution in [3.8, 4) is 5.75 Å². The van der Waals surface area contributed by atoms with Crippen LogP contribution in [0.15, 0.2) is 24.3 Å². The van der Waals surface area contributed by atoms with Crippen LogP contribution in [0.1, 0.15) is 19.8 Å². The van der Waals surface area contributed by atoms with Crippen molar-refractivity contribution in [3.05, 3.63) is 29.3 Å². The molecule has 1 rings (SSSR count). The first-order valence-electron chi connectivity index (χ1n) is 6.37. The van der Waals surface area contributed by atoms with Gasteiger partial charge >= 0.3 is 11.9 Å². The Morgan fingerprint density at radius 1 is 1.27 bits per heavy atom. The number of carboxylic acid groups (broad SMARTS) is 2. The van der Waals surface area contributed by atoms with Gasteiger partial charge in [-0.05, 0) is 37.6 Å². The van der Waals surface area contributed by atoms with Crippen molar-refractivity contribution < 1.29 is 29.3 Å². The number of carbonyl (C=O) groups excluding carboxylic acids is 1. The minimum atomic E-state index is -2.32. The Balaban J connectivity index is 2.86. The number of Topliss-reactive ketones (excluding diaryl/α,β-unsaturated/α-hetero) is 1. The Labute approximate surface area is 131 Å². The molecule has 22 heavy (non-hydrogen) atoms. The minimum absolute atomic E-state index is 0.316. The van der Waals surface area contributed by atoms with Crippen LogP contribution >= 0.6 is 11.6 Å². The highest BCUT2D eigenvalue weighted by Crippen LogP contribution is 2.20. The molecule has 0 aliphatic rings. The summed E-state index contributed by atoms with van der Waals surface area (Å²) in [5, 5.41) is 18.3. The largest absolute Gasteiger partial charge is 0.483 e. The van der Waals surface area contributed by atoms with E-state index in [0.29, 0.717) is 10.8 Å². The minimum Gasteiger partial charge on any atom is -0.483 e. The highest BCUT2D eigenvalue weighted by atomic mass is 35.5. The Morgan fingerprint density at radius 2 is 1.82 bits per heavy atom. The first-order valence-corrected chi connectivity index (χ1v) is 6.75. The quantitative estimate of drug-likeness (QED) is 0.614. The molecular formula is C14H16ClNO6. The van der Waals surface area contributed by atoms with Gasteiger partial charge in [-0.15, -0.1) is 0 Å². The third-order valence-corrected chi connectivity index (χ3v) is 3.30. The fourth-order valence-corrected chi connectivity index (χ4v) is 1.90. The second-order valence-corrected chi connectivity index (χ2v) is 5.18. The molecule has 0 saturated heterocycles. The summed E-state index contributed by atoms with van der Waals surface area (Å²) in [7, 11) is 0. The van der Waals surface area contributed by atoms with Crippen LogP contribution < -0.4 is 10.5 Å². The van der Waals surface area contributed by atoms with Crippen molar-refractivity contribution >= 4 is 29.3 Å². The van der Waals surface area contributed by atoms with Gasteiger partial charge in [-0.3, -0.25) is 9.59 Å². The van der Waals surface area contributed by atoms with E-state index < -0.39 is 42.2 Å². The highest BCUT2D eigenvalue weighted by Gasteiger charge is 2.45. The maximum Gasteiger partial charge on any atom is 0.331 e. The van der Waals surface area contributed by atoms with E-state index >= 15 is 0 Å². The number of carboxylic acids is 2. The Morgan fingerprint density at radius 3 is 2.27 bits per heavy atom. The monoisotopic (exact) mass is 329 g/mol. The summed E-state index contributed by atoms with van der Waals surface area (Å²) in [6.45, 7) is 1.35. The number of carbonyl (C=O) groups is 3. The average Bonchev–Trinajstić information content (AvgIpc) is 2.46. The lowest BCUT2D eigenvalue weighted by Crippen LogP contribution is -2.59. The molecule has 0 amide bonds. The predicted octanol–water partition coefficient (Wildman–Crippen LogP) is 1.32. The van der Waals surface area contributed by atoms with Gasteiger partial charge in [0.1, 0.15) is 5.75 Å². The topological polar surface area (TPSA) is 127 Å². The molecule has 0 aliphatic heterocycles. The van der Waals surface area contributed by atoms with Crippen molar-refractivity contribution in [3.63, 3.8) is 0 Å². The van der Waals surface area contributed by atoms with Gasteiger partial charge in [0.25, 0.3) is 0 Å². The molecule has 0 saturated carbocycles. The molecule has 1 aromatic rings. The fraction of sp³-hybridized carbons (Fsp3) is 0.357. The maximum atomic E-state index is 12.2. The molecule has 0 heterocycles. The van der Waals surface area contributed by atoms with Crippen LogP contribution in [0.2, 0.25) is 5.02 Å². The van der Waals surface area contributed by atoms with Gasteiger partial charge in [0.15, 0.2) is 11.6 Å². The lowest BCUT2D eigenvalue weighted by Gasteiger charge is -2.26. The second-order valence-electron chi connectivity index (χ2n) is 4.75. The molecular weight excluding hydrogens is 314 g/mol. The van der Waals surface area contributed by atoms with E-state index in [4.69, 9.17) is 32.3 Å². The first-order chi connectivity index (χ1) is 10.2. The maximum absolute atomic E-state index is 12.2. The predicted molar refractivity (Wildman–Crippen MR) is 78.0 cm³/mol. The summed E-state index contributed by atoms with van der Waals surface area (Å²) in [6.07, 6.45) is -2.22. The van der Waals surface area contributed by atoms with Crippen LogP contribution in [0.4, 0.5) is 0 Å². The molecule has 1 aromatic carbocycles. The number of nitrogens with two attached hydrogens (primary N) is 1. The van der Waals surface area contributed by atoms with E-state index in [1.165, 1.54) is 19.1 Å². The van der Waals surface area contributed by atoms with Crippen LogP contribution in [0, 0.1) is 0 Å². The zero-order valence-electron chi connectivity index (χ0n) is 11.8. The summed E-state index contributed by atoms with van der Waals surface area (Å²) in [5.41, 5.74) is 3.28. The lowest BCUT2D eigenvalue weighted by atomic mass is 9.87. The number of aliphatic carboxylic acids is 2. The molecule has 2 atom stereocenters. The Bertz CT molecular complexity index is 573. The molecule has 4 N–H and O–H groups in total. The van der Waals surface area contributed by atoms with E-state index in [9.17, 15) is 14.4 Å². The van der Waals surface area contributed by atoms with Crippen molar-refractivity contribution in [2.24, 2.45) is 5.73 Å². The summed E-state index contributed by atoms with van der Waals surface area (Å²) < 4.78 is 5.34. The summed E-state index contributed by atoms with van der Waals surface area (Å²) in [6, 6.07) is 6.13. The van der Waals surface area contributed by atoms with Crippen molar-refractivity contribution in [1.82, 2.24) is 0 Å². The van der Waals surface area contributed by atoms with E-state index in [-0.39, 0.29) is 0 Å². The Kier molecular flexibility index (Phi) is 5.90. The van der Waals surface area contributed by atoms with Crippen molar-refractivity contribution in [2.45, 2.75) is 31.4 Å². The van der Waals surface area contributed by atoms with Gasteiger partial charge in [-0.1, -0.05) is 11.6 Å². The SMILES string of the molecule is CC(Oc1ccc(Cl)cc1)C(=O)[C@](N)(CCC(=O)O)C(=O)O. The molecule has 0 aromatic heterocycles. The number of hydrogen-bond donors (Lipinski definition) is 3.